The van der Waals surface area contributed by atoms with Gasteiger partial charge in [-0.15, -0.1) is 0 Å². The van der Waals surface area contributed by atoms with Gasteiger partial charge in [0.1, 0.15) is 6.67 Å². The van der Waals surface area contributed by atoms with E-state index in [1.54, 1.807) is 0 Å². The van der Waals surface area contributed by atoms with Gasteiger partial charge in [0.25, 0.3) is 0 Å². The van der Waals surface area contributed by atoms with Gasteiger partial charge in [-0.2, -0.15) is 0 Å². The lowest BCUT2D eigenvalue weighted by Crippen LogP contribution is -2.17. The van der Waals surface area contributed by atoms with Crippen LogP contribution in [0, 0.1) is 0 Å². The molecule has 0 fully saturated rings. The van der Waals surface area contributed by atoms with Crippen LogP contribution in [-0.4, -0.2) is 12.7 Å². The molecule has 13 heavy (non-hydrogen) atoms. The minimum absolute atomic E-state index is 0.00250. The molecule has 1 N–H and O–H groups in total. The predicted molar refractivity (Wildman–Crippen MR) is 52.9 cm³/mol. The zero-order chi connectivity index (χ0) is 9.26. The van der Waals surface area contributed by atoms with E-state index in [1.165, 1.54) is 16.8 Å². The molecule has 1 aromatic carbocycles. The molecule has 70 valence electrons. The fourth-order valence-electron chi connectivity index (χ4n) is 1.92. The summed E-state index contributed by atoms with van der Waals surface area (Å²) in [7, 11) is 0. The molecule has 0 saturated heterocycles. The largest absolute Gasteiger partial charge is 0.379 e. The van der Waals surface area contributed by atoms with E-state index in [9.17, 15) is 4.39 Å². The molecule has 0 radical (unpaired) electrons. The number of halogens is 1. The highest BCUT2D eigenvalue weighted by Gasteiger charge is 2.21. The normalized spacial score (nSPS) is 19.7. The fraction of sp³-hybridized carbons (Fsp3) is 0.455. The van der Waals surface area contributed by atoms with Gasteiger partial charge in [-0.1, -0.05) is 25.1 Å². The number of rotatable bonds is 2. The third-order valence-corrected chi connectivity index (χ3v) is 2.62. The van der Waals surface area contributed by atoms with E-state index in [4.69, 9.17) is 0 Å². The highest BCUT2D eigenvalue weighted by atomic mass is 19.1. The van der Waals surface area contributed by atoms with Crippen LogP contribution >= 0.6 is 0 Å². The third-order valence-electron chi connectivity index (χ3n) is 2.62. The molecule has 0 spiro atoms. The first-order valence-corrected chi connectivity index (χ1v) is 4.78. The van der Waals surface area contributed by atoms with E-state index in [0.717, 1.165) is 12.8 Å². The summed E-state index contributed by atoms with van der Waals surface area (Å²) in [5.41, 5.74) is 3.74. The lowest BCUT2D eigenvalue weighted by atomic mass is 10.1. The van der Waals surface area contributed by atoms with Gasteiger partial charge in [-0.05, 0) is 24.0 Å². The molecule has 1 heterocycles. The molecule has 1 aliphatic heterocycles. The highest BCUT2D eigenvalue weighted by Crippen LogP contribution is 2.29. The molecule has 1 unspecified atom stereocenters. The molecule has 0 aromatic heterocycles. The van der Waals surface area contributed by atoms with Crippen LogP contribution in [0.5, 0.6) is 0 Å². The lowest BCUT2D eigenvalue weighted by molar-refractivity contribution is 0.450. The van der Waals surface area contributed by atoms with Gasteiger partial charge >= 0.3 is 0 Å². The zero-order valence-electron chi connectivity index (χ0n) is 7.81. The van der Waals surface area contributed by atoms with Crippen LogP contribution in [0.3, 0.4) is 0 Å². The first-order valence-electron chi connectivity index (χ1n) is 4.78. The predicted octanol–water partition coefficient (Wildman–Crippen LogP) is 2.56. The molecule has 2 heteroatoms. The molecule has 1 aliphatic rings. The van der Waals surface area contributed by atoms with Crippen LogP contribution in [0.25, 0.3) is 0 Å². The SMILES string of the molecule is CCc1cccc2c1NC(CF)C2. The topological polar surface area (TPSA) is 12.0 Å². The van der Waals surface area contributed by atoms with Crippen molar-refractivity contribution in [1.82, 2.24) is 0 Å². The Morgan fingerprint density at radius 1 is 1.54 bits per heavy atom. The van der Waals surface area contributed by atoms with Gasteiger partial charge in [0, 0.05) is 5.69 Å². The first kappa shape index (κ1) is 8.54. The molecule has 0 saturated carbocycles. The molecule has 0 aliphatic carbocycles. The average Bonchev–Trinajstić information content (AvgIpc) is 2.59. The van der Waals surface area contributed by atoms with Crippen LogP contribution in [0.4, 0.5) is 10.1 Å². The van der Waals surface area contributed by atoms with Crippen LogP contribution < -0.4 is 5.32 Å². The minimum Gasteiger partial charge on any atom is -0.379 e. The number of fused-ring (bicyclic) bond motifs is 1. The minimum atomic E-state index is -0.280. The number of benzene rings is 1. The Morgan fingerprint density at radius 2 is 2.38 bits per heavy atom. The van der Waals surface area contributed by atoms with Gasteiger partial charge in [0.2, 0.25) is 0 Å². The van der Waals surface area contributed by atoms with E-state index < -0.39 is 0 Å². The molecular formula is C11H14FN. The summed E-state index contributed by atoms with van der Waals surface area (Å²) in [6.07, 6.45) is 1.84. The van der Waals surface area contributed by atoms with Crippen molar-refractivity contribution < 1.29 is 4.39 Å². The second kappa shape index (κ2) is 3.36. The van der Waals surface area contributed by atoms with E-state index in [-0.39, 0.29) is 12.7 Å². The Balaban J connectivity index is 2.33. The Bertz CT molecular complexity index is 309. The standard InChI is InChI=1S/C11H14FN/c1-2-8-4-3-5-9-6-10(7-12)13-11(8)9/h3-5,10,13H,2,6-7H2,1H3. The number of aryl methyl sites for hydroxylation is 1. The molecule has 1 atom stereocenters. The summed E-state index contributed by atoms with van der Waals surface area (Å²) < 4.78 is 12.4. The van der Waals surface area contributed by atoms with Gasteiger partial charge < -0.3 is 5.32 Å². The van der Waals surface area contributed by atoms with Crippen molar-refractivity contribution in [3.63, 3.8) is 0 Å². The van der Waals surface area contributed by atoms with Gasteiger partial charge in [0.15, 0.2) is 0 Å². The fourth-order valence-corrected chi connectivity index (χ4v) is 1.92. The molecule has 1 nitrogen and oxygen atoms in total. The van der Waals surface area contributed by atoms with E-state index >= 15 is 0 Å². The molecular weight excluding hydrogens is 165 g/mol. The lowest BCUT2D eigenvalue weighted by Gasteiger charge is -2.08. The average molecular weight is 179 g/mol. The van der Waals surface area contributed by atoms with Crippen molar-refractivity contribution >= 4 is 5.69 Å². The Kier molecular flexibility index (Phi) is 2.21. The van der Waals surface area contributed by atoms with E-state index in [1.807, 2.05) is 0 Å². The molecule has 2 rings (SSSR count). The zero-order valence-corrected chi connectivity index (χ0v) is 7.81. The molecule has 1 aromatic rings. The second-order valence-corrected chi connectivity index (χ2v) is 3.50. The summed E-state index contributed by atoms with van der Waals surface area (Å²) in [6, 6.07) is 6.24. The summed E-state index contributed by atoms with van der Waals surface area (Å²) in [5.74, 6) is 0. The van der Waals surface area contributed by atoms with Crippen molar-refractivity contribution in [2.75, 3.05) is 12.0 Å². The first-order chi connectivity index (χ1) is 6.35. The molecule has 0 bridgehead atoms. The highest BCUT2D eigenvalue weighted by molar-refractivity contribution is 5.62. The Hall–Kier alpha value is -1.05. The second-order valence-electron chi connectivity index (χ2n) is 3.50. The monoisotopic (exact) mass is 179 g/mol. The smallest absolute Gasteiger partial charge is 0.110 e. The number of para-hydroxylation sites is 1. The maximum absolute atomic E-state index is 12.4. The van der Waals surface area contributed by atoms with Crippen LogP contribution in [-0.2, 0) is 12.8 Å². The summed E-state index contributed by atoms with van der Waals surface area (Å²) in [6.45, 7) is 1.85. The maximum Gasteiger partial charge on any atom is 0.110 e. The summed E-state index contributed by atoms with van der Waals surface area (Å²) >= 11 is 0. The number of hydrogen-bond donors (Lipinski definition) is 1. The van der Waals surface area contributed by atoms with Gasteiger partial charge in [-0.3, -0.25) is 0 Å². The van der Waals surface area contributed by atoms with Gasteiger partial charge in [-0.25, -0.2) is 4.39 Å². The van der Waals surface area contributed by atoms with E-state index in [0.29, 0.717) is 0 Å². The van der Waals surface area contributed by atoms with Crippen molar-refractivity contribution in [3.05, 3.63) is 29.3 Å². The van der Waals surface area contributed by atoms with Crippen molar-refractivity contribution in [2.45, 2.75) is 25.8 Å². The number of hydrogen-bond acceptors (Lipinski definition) is 1. The van der Waals surface area contributed by atoms with E-state index in [2.05, 4.69) is 30.4 Å². The van der Waals surface area contributed by atoms with Crippen molar-refractivity contribution in [3.8, 4) is 0 Å². The quantitative estimate of drug-likeness (QED) is 0.735. The Morgan fingerprint density at radius 3 is 3.08 bits per heavy atom. The van der Waals surface area contributed by atoms with Crippen molar-refractivity contribution in [1.29, 1.82) is 0 Å². The summed E-state index contributed by atoms with van der Waals surface area (Å²) in [4.78, 5) is 0. The van der Waals surface area contributed by atoms with Crippen LogP contribution in [0.2, 0.25) is 0 Å². The number of alkyl halides is 1. The number of anilines is 1. The third kappa shape index (κ3) is 1.41. The summed E-state index contributed by atoms with van der Waals surface area (Å²) in [5, 5.41) is 3.23. The molecule has 0 amide bonds. The van der Waals surface area contributed by atoms with Gasteiger partial charge in [0.05, 0.1) is 6.04 Å². The van der Waals surface area contributed by atoms with Crippen LogP contribution in [0.1, 0.15) is 18.1 Å². The van der Waals surface area contributed by atoms with Crippen LogP contribution in [0.15, 0.2) is 18.2 Å². The Labute approximate surface area is 78.0 Å². The van der Waals surface area contributed by atoms with Crippen molar-refractivity contribution in [2.24, 2.45) is 0 Å². The maximum atomic E-state index is 12.4. The number of nitrogens with one attached hydrogen (secondary N) is 1.